The third-order valence-corrected chi connectivity index (χ3v) is 6.83. The van der Waals surface area contributed by atoms with E-state index < -0.39 is 0 Å². The number of halogens is 1. The lowest BCUT2D eigenvalue weighted by Gasteiger charge is -2.29. The molecule has 0 unspecified atom stereocenters. The Labute approximate surface area is 219 Å². The average Bonchev–Trinajstić information content (AvgIpc) is 3.45. The molecule has 0 atom stereocenters. The highest BCUT2D eigenvalue weighted by Crippen LogP contribution is 2.27. The maximum atomic E-state index is 14.5. The minimum atomic E-state index is -0.304. The molecule has 2 aromatic heterocycles. The van der Waals surface area contributed by atoms with Gasteiger partial charge in [-0.2, -0.15) is 4.98 Å². The number of hydrogen-bond donors (Lipinski definition) is 2. The molecule has 2 aliphatic rings. The number of hydrogen-bond acceptors (Lipinski definition) is 9. The van der Waals surface area contributed by atoms with Crippen LogP contribution in [0.15, 0.2) is 61.1 Å². The standard InChI is InChI=1S/C27H29FN8O2/c28-20-15-19(16-23(17-20)34-11-13-38-14-12-34)25-5-8-29-26(32-25)31-21-1-3-22(4-2-21)36-18-30-27(33-36)35-9-6-24(37)7-10-35/h1-5,8,15-18,24,37H,6-7,9-14H2,(H,29,31,32). The summed E-state index contributed by atoms with van der Waals surface area (Å²) < 4.78 is 21.6. The normalized spacial score (nSPS) is 16.6. The average molecular weight is 517 g/mol. The topological polar surface area (TPSA) is 104 Å². The van der Waals surface area contributed by atoms with E-state index in [1.54, 1.807) is 29.3 Å². The van der Waals surface area contributed by atoms with Crippen LogP contribution in [0.2, 0.25) is 0 Å². The van der Waals surface area contributed by atoms with E-state index >= 15 is 0 Å². The van der Waals surface area contributed by atoms with Crippen molar-refractivity contribution in [1.29, 1.82) is 0 Å². The Bertz CT molecular complexity index is 1380. The summed E-state index contributed by atoms with van der Waals surface area (Å²) in [6.07, 6.45) is 4.58. The van der Waals surface area contributed by atoms with Gasteiger partial charge >= 0.3 is 0 Å². The van der Waals surface area contributed by atoms with E-state index in [4.69, 9.17) is 4.74 Å². The number of aromatic nitrogens is 5. The number of aliphatic hydroxyl groups is 1. The Morgan fingerprint density at radius 2 is 1.68 bits per heavy atom. The summed E-state index contributed by atoms with van der Waals surface area (Å²) in [6, 6.07) is 14.5. The summed E-state index contributed by atoms with van der Waals surface area (Å²) in [6.45, 7) is 4.22. The summed E-state index contributed by atoms with van der Waals surface area (Å²) in [5.74, 6) is 0.781. The van der Waals surface area contributed by atoms with Gasteiger partial charge in [0.2, 0.25) is 11.9 Å². The van der Waals surface area contributed by atoms with Crippen molar-refractivity contribution < 1.29 is 14.2 Å². The van der Waals surface area contributed by atoms with Gasteiger partial charge in [-0.05, 0) is 61.4 Å². The molecule has 4 heterocycles. The Kier molecular flexibility index (Phi) is 6.84. The molecule has 0 bridgehead atoms. The number of morpholine rings is 1. The molecule has 0 aliphatic carbocycles. The van der Waals surface area contributed by atoms with Crippen LogP contribution in [0.5, 0.6) is 0 Å². The second kappa shape index (κ2) is 10.7. The number of piperidine rings is 1. The predicted molar refractivity (Wildman–Crippen MR) is 143 cm³/mol. The van der Waals surface area contributed by atoms with Gasteiger partial charge in [0.1, 0.15) is 12.1 Å². The van der Waals surface area contributed by atoms with E-state index in [2.05, 4.69) is 35.2 Å². The highest BCUT2D eigenvalue weighted by atomic mass is 19.1. The van der Waals surface area contributed by atoms with E-state index in [9.17, 15) is 9.50 Å². The summed E-state index contributed by atoms with van der Waals surface area (Å²) in [5, 5.41) is 17.6. The first kappa shape index (κ1) is 24.3. The Balaban J connectivity index is 1.15. The van der Waals surface area contributed by atoms with Crippen molar-refractivity contribution in [2.24, 2.45) is 0 Å². The fourth-order valence-corrected chi connectivity index (χ4v) is 4.72. The molecular formula is C27H29FN8O2. The van der Waals surface area contributed by atoms with Gasteiger partial charge in [0.15, 0.2) is 0 Å². The molecule has 2 aromatic carbocycles. The lowest BCUT2D eigenvalue weighted by Crippen LogP contribution is -2.36. The van der Waals surface area contributed by atoms with E-state index in [0.29, 0.717) is 36.4 Å². The van der Waals surface area contributed by atoms with Crippen LogP contribution in [0.3, 0.4) is 0 Å². The molecule has 11 heteroatoms. The molecular weight excluding hydrogens is 487 g/mol. The molecule has 2 aliphatic heterocycles. The van der Waals surface area contributed by atoms with Crippen LogP contribution < -0.4 is 15.1 Å². The number of nitrogens with one attached hydrogen (secondary N) is 1. The van der Waals surface area contributed by atoms with Crippen molar-refractivity contribution in [1.82, 2.24) is 24.7 Å². The molecule has 0 saturated carbocycles. The summed E-state index contributed by atoms with van der Waals surface area (Å²) in [4.78, 5) is 17.6. The van der Waals surface area contributed by atoms with Gasteiger partial charge in [0.25, 0.3) is 0 Å². The molecule has 6 rings (SSSR count). The van der Waals surface area contributed by atoms with Crippen molar-refractivity contribution in [3.63, 3.8) is 0 Å². The Morgan fingerprint density at radius 1 is 0.895 bits per heavy atom. The molecule has 0 spiro atoms. The monoisotopic (exact) mass is 516 g/mol. The Morgan fingerprint density at radius 3 is 2.47 bits per heavy atom. The maximum absolute atomic E-state index is 14.5. The van der Waals surface area contributed by atoms with Crippen molar-refractivity contribution >= 4 is 23.3 Å². The largest absolute Gasteiger partial charge is 0.393 e. The Hall–Kier alpha value is -4.09. The number of nitrogens with zero attached hydrogens (tertiary/aromatic N) is 7. The van der Waals surface area contributed by atoms with Gasteiger partial charge in [0, 0.05) is 49.3 Å². The third kappa shape index (κ3) is 5.43. The van der Waals surface area contributed by atoms with Gasteiger partial charge in [-0.1, -0.05) is 0 Å². The molecule has 2 N–H and O–H groups in total. The third-order valence-electron chi connectivity index (χ3n) is 6.83. The fraction of sp³-hybridized carbons (Fsp3) is 0.333. The zero-order chi connectivity index (χ0) is 25.9. The second-order valence-electron chi connectivity index (χ2n) is 9.44. The van der Waals surface area contributed by atoms with Crippen LogP contribution in [0.1, 0.15) is 12.8 Å². The number of rotatable bonds is 6. The highest BCUT2D eigenvalue weighted by molar-refractivity contribution is 5.67. The van der Waals surface area contributed by atoms with Crippen molar-refractivity contribution in [2.75, 3.05) is 54.5 Å². The molecule has 0 amide bonds. The van der Waals surface area contributed by atoms with Crippen LogP contribution in [-0.2, 0) is 4.74 Å². The van der Waals surface area contributed by atoms with Gasteiger partial charge in [0.05, 0.1) is 30.7 Å². The lowest BCUT2D eigenvalue weighted by atomic mass is 10.1. The molecule has 2 fully saturated rings. The fourth-order valence-electron chi connectivity index (χ4n) is 4.72. The van der Waals surface area contributed by atoms with E-state index in [0.717, 1.165) is 56.1 Å². The molecule has 2 saturated heterocycles. The van der Waals surface area contributed by atoms with Crippen molar-refractivity contribution in [3.05, 3.63) is 66.9 Å². The minimum Gasteiger partial charge on any atom is -0.393 e. The van der Waals surface area contributed by atoms with Crippen LogP contribution in [0.25, 0.3) is 16.9 Å². The highest BCUT2D eigenvalue weighted by Gasteiger charge is 2.20. The zero-order valence-electron chi connectivity index (χ0n) is 20.9. The van der Waals surface area contributed by atoms with Crippen molar-refractivity contribution in [2.45, 2.75) is 18.9 Å². The van der Waals surface area contributed by atoms with Crippen LogP contribution in [0.4, 0.5) is 27.7 Å². The zero-order valence-corrected chi connectivity index (χ0v) is 20.9. The minimum absolute atomic E-state index is 0.237. The molecule has 10 nitrogen and oxygen atoms in total. The molecule has 38 heavy (non-hydrogen) atoms. The van der Waals surface area contributed by atoms with Gasteiger partial charge < -0.3 is 25.0 Å². The second-order valence-corrected chi connectivity index (χ2v) is 9.44. The van der Waals surface area contributed by atoms with Gasteiger partial charge in [-0.3, -0.25) is 0 Å². The van der Waals surface area contributed by atoms with Gasteiger partial charge in [-0.25, -0.2) is 19.0 Å². The van der Waals surface area contributed by atoms with Gasteiger partial charge in [-0.15, -0.1) is 5.10 Å². The van der Waals surface area contributed by atoms with Crippen LogP contribution >= 0.6 is 0 Å². The molecule has 4 aromatic rings. The van der Waals surface area contributed by atoms with E-state index in [1.807, 2.05) is 30.3 Å². The first-order valence-electron chi connectivity index (χ1n) is 12.8. The first-order valence-corrected chi connectivity index (χ1v) is 12.8. The molecule has 196 valence electrons. The van der Waals surface area contributed by atoms with E-state index in [1.165, 1.54) is 6.07 Å². The number of anilines is 4. The first-order chi connectivity index (χ1) is 18.6. The summed E-state index contributed by atoms with van der Waals surface area (Å²) in [5.41, 5.74) is 3.83. The van der Waals surface area contributed by atoms with E-state index in [-0.39, 0.29) is 11.9 Å². The molecule has 0 radical (unpaired) electrons. The lowest BCUT2D eigenvalue weighted by molar-refractivity contribution is 0.122. The SMILES string of the molecule is OC1CCN(c2ncn(-c3ccc(Nc4nccc(-c5cc(F)cc(N6CCOCC6)c5)n4)cc3)n2)CC1. The number of ether oxygens (including phenoxy) is 1. The van der Waals surface area contributed by atoms with Crippen LogP contribution in [-0.4, -0.2) is 75.3 Å². The predicted octanol–water partition coefficient (Wildman–Crippen LogP) is 3.40. The van der Waals surface area contributed by atoms with Crippen molar-refractivity contribution in [3.8, 4) is 16.9 Å². The maximum Gasteiger partial charge on any atom is 0.245 e. The number of benzene rings is 2. The van der Waals surface area contributed by atoms with Crippen LogP contribution in [0, 0.1) is 5.82 Å². The smallest absolute Gasteiger partial charge is 0.245 e. The number of aliphatic hydroxyl groups excluding tert-OH is 1. The quantitative estimate of drug-likeness (QED) is 0.399. The summed E-state index contributed by atoms with van der Waals surface area (Å²) >= 11 is 0. The summed E-state index contributed by atoms with van der Waals surface area (Å²) in [7, 11) is 0.